The van der Waals surface area contributed by atoms with Crippen LogP contribution in [-0.2, 0) is 4.74 Å². The van der Waals surface area contributed by atoms with E-state index in [1.165, 1.54) is 0 Å². The quantitative estimate of drug-likeness (QED) is 0.630. The van der Waals surface area contributed by atoms with Gasteiger partial charge >= 0.3 is 5.97 Å². The number of hydrogen-bond acceptors (Lipinski definition) is 4. The van der Waals surface area contributed by atoms with Crippen LogP contribution in [0.25, 0.3) is 5.82 Å². The first-order chi connectivity index (χ1) is 9.26. The normalized spacial score (nSPS) is 11.4. The van der Waals surface area contributed by atoms with Gasteiger partial charge in [0.05, 0.1) is 11.3 Å². The van der Waals surface area contributed by atoms with Crippen LogP contribution in [0.2, 0.25) is 5.15 Å². The fourth-order valence-corrected chi connectivity index (χ4v) is 1.81. The van der Waals surface area contributed by atoms with E-state index in [2.05, 4.69) is 10.1 Å². The van der Waals surface area contributed by atoms with Gasteiger partial charge in [0.1, 0.15) is 10.8 Å². The van der Waals surface area contributed by atoms with E-state index in [9.17, 15) is 4.79 Å². The molecule has 0 amide bonds. The second-order valence-corrected chi connectivity index (χ2v) is 5.77. The molecule has 0 aliphatic rings. The van der Waals surface area contributed by atoms with Crippen molar-refractivity contribution in [3.63, 3.8) is 0 Å². The Balaban J connectivity index is 2.28. The maximum Gasteiger partial charge on any atom is 0.341 e. The van der Waals surface area contributed by atoms with E-state index in [0.29, 0.717) is 5.82 Å². The van der Waals surface area contributed by atoms with Crippen molar-refractivity contribution in [3.8, 4) is 5.82 Å². The lowest BCUT2D eigenvalue weighted by molar-refractivity contribution is 0.00693. The monoisotopic (exact) mass is 293 g/mol. The molecule has 106 valence electrons. The first kappa shape index (κ1) is 14.5. The first-order valence-electron chi connectivity index (χ1n) is 6.19. The average molecular weight is 294 g/mol. The third kappa shape index (κ3) is 3.36. The van der Waals surface area contributed by atoms with E-state index < -0.39 is 11.6 Å². The second kappa shape index (κ2) is 5.25. The van der Waals surface area contributed by atoms with Crippen molar-refractivity contribution in [2.75, 3.05) is 0 Å². The minimum Gasteiger partial charge on any atom is -0.456 e. The van der Waals surface area contributed by atoms with Crippen molar-refractivity contribution < 1.29 is 9.53 Å². The molecule has 0 spiro atoms. The lowest BCUT2D eigenvalue weighted by Crippen LogP contribution is -2.24. The van der Waals surface area contributed by atoms with Gasteiger partial charge in [0, 0.05) is 6.20 Å². The minimum atomic E-state index is -0.571. The van der Waals surface area contributed by atoms with E-state index in [4.69, 9.17) is 16.3 Å². The molecule has 20 heavy (non-hydrogen) atoms. The highest BCUT2D eigenvalue weighted by atomic mass is 35.5. The van der Waals surface area contributed by atoms with Crippen LogP contribution in [-0.4, -0.2) is 26.3 Å². The molecule has 0 atom stereocenters. The van der Waals surface area contributed by atoms with Gasteiger partial charge in [-0.25, -0.2) is 14.5 Å². The summed E-state index contributed by atoms with van der Waals surface area (Å²) in [6, 6.07) is 5.13. The van der Waals surface area contributed by atoms with Crippen LogP contribution >= 0.6 is 11.6 Å². The third-order valence-corrected chi connectivity index (χ3v) is 2.70. The van der Waals surface area contributed by atoms with E-state index in [1.54, 1.807) is 43.8 Å². The minimum absolute atomic E-state index is 0.102. The molecule has 6 heteroatoms. The SMILES string of the molecule is Cc1ccn(-c2ccc(C(=O)OC(C)(C)C)c(Cl)n2)n1. The molecule has 5 nitrogen and oxygen atoms in total. The lowest BCUT2D eigenvalue weighted by atomic mass is 10.2. The first-order valence-corrected chi connectivity index (χ1v) is 6.56. The van der Waals surface area contributed by atoms with Gasteiger partial charge in [0.25, 0.3) is 0 Å². The largest absolute Gasteiger partial charge is 0.456 e. The van der Waals surface area contributed by atoms with Gasteiger partial charge in [-0.3, -0.25) is 0 Å². The Bertz CT molecular complexity index is 644. The molecule has 0 radical (unpaired) electrons. The molecule has 2 aromatic rings. The van der Waals surface area contributed by atoms with Crippen LogP contribution in [0.3, 0.4) is 0 Å². The van der Waals surface area contributed by atoms with Gasteiger partial charge in [0.15, 0.2) is 5.82 Å². The maximum atomic E-state index is 12.0. The Morgan fingerprint density at radius 2 is 2.00 bits per heavy atom. The number of ether oxygens (including phenoxy) is 1. The Hall–Kier alpha value is -1.88. The summed E-state index contributed by atoms with van der Waals surface area (Å²) < 4.78 is 6.87. The zero-order chi connectivity index (χ0) is 14.9. The van der Waals surface area contributed by atoms with Gasteiger partial charge in [-0.1, -0.05) is 11.6 Å². The summed E-state index contributed by atoms with van der Waals surface area (Å²) in [6.07, 6.45) is 1.78. The van der Waals surface area contributed by atoms with Crippen molar-refractivity contribution in [1.29, 1.82) is 0 Å². The predicted octanol–water partition coefficient (Wildman–Crippen LogP) is 3.18. The van der Waals surface area contributed by atoms with Crippen LogP contribution < -0.4 is 0 Å². The van der Waals surface area contributed by atoms with Gasteiger partial charge in [-0.2, -0.15) is 5.10 Å². The van der Waals surface area contributed by atoms with E-state index >= 15 is 0 Å². The predicted molar refractivity (Wildman–Crippen MR) is 76.3 cm³/mol. The van der Waals surface area contributed by atoms with Crippen LogP contribution in [0.15, 0.2) is 24.4 Å². The Kier molecular flexibility index (Phi) is 3.81. The number of aromatic nitrogens is 3. The molecule has 2 aromatic heterocycles. The summed E-state index contributed by atoms with van der Waals surface area (Å²) in [4.78, 5) is 16.1. The molecule has 0 aromatic carbocycles. The number of carbonyl (C=O) groups is 1. The van der Waals surface area contributed by atoms with Crippen LogP contribution in [0.1, 0.15) is 36.8 Å². The fraction of sp³-hybridized carbons (Fsp3) is 0.357. The Morgan fingerprint density at radius 3 is 2.50 bits per heavy atom. The number of pyridine rings is 1. The summed E-state index contributed by atoms with van der Waals surface area (Å²) in [5.74, 6) is 0.0635. The summed E-state index contributed by atoms with van der Waals surface area (Å²) in [5, 5.41) is 4.34. The van der Waals surface area contributed by atoms with Crippen molar-refractivity contribution in [2.45, 2.75) is 33.3 Å². The zero-order valence-corrected chi connectivity index (χ0v) is 12.6. The number of esters is 1. The van der Waals surface area contributed by atoms with Crippen LogP contribution in [0.4, 0.5) is 0 Å². The van der Waals surface area contributed by atoms with Gasteiger partial charge < -0.3 is 4.74 Å². The number of aryl methyl sites for hydroxylation is 1. The third-order valence-electron chi connectivity index (χ3n) is 2.41. The number of carbonyl (C=O) groups excluding carboxylic acids is 1. The molecule has 0 aliphatic heterocycles. The van der Waals surface area contributed by atoms with Crippen molar-refractivity contribution in [3.05, 3.63) is 40.8 Å². The number of halogens is 1. The number of nitrogens with zero attached hydrogens (tertiary/aromatic N) is 3. The fourth-order valence-electron chi connectivity index (χ4n) is 1.58. The molecule has 2 heterocycles. The molecule has 0 fully saturated rings. The molecule has 0 saturated heterocycles. The van der Waals surface area contributed by atoms with Crippen LogP contribution in [0, 0.1) is 6.92 Å². The standard InChI is InChI=1S/C14H16ClN3O2/c1-9-7-8-18(17-9)11-6-5-10(12(15)16-11)13(19)20-14(2,3)4/h5-8H,1-4H3. The molecule has 0 unspecified atom stereocenters. The van der Waals surface area contributed by atoms with Crippen LogP contribution in [0.5, 0.6) is 0 Å². The van der Waals surface area contributed by atoms with E-state index in [1.807, 2.05) is 13.0 Å². The average Bonchev–Trinajstić information content (AvgIpc) is 2.73. The highest BCUT2D eigenvalue weighted by Crippen LogP contribution is 2.19. The zero-order valence-electron chi connectivity index (χ0n) is 11.8. The van der Waals surface area contributed by atoms with E-state index in [-0.39, 0.29) is 10.7 Å². The molecule has 0 saturated carbocycles. The Labute approximate surface area is 122 Å². The topological polar surface area (TPSA) is 57.0 Å². The summed E-state index contributed by atoms with van der Waals surface area (Å²) in [7, 11) is 0. The second-order valence-electron chi connectivity index (χ2n) is 5.41. The molecule has 0 bridgehead atoms. The molecular weight excluding hydrogens is 278 g/mol. The van der Waals surface area contributed by atoms with Gasteiger partial charge in [-0.15, -0.1) is 0 Å². The van der Waals surface area contributed by atoms with Gasteiger partial charge in [0.2, 0.25) is 0 Å². The smallest absolute Gasteiger partial charge is 0.341 e. The van der Waals surface area contributed by atoms with Crippen molar-refractivity contribution in [1.82, 2.24) is 14.8 Å². The molecule has 0 N–H and O–H groups in total. The summed E-state index contributed by atoms with van der Waals surface area (Å²) in [6.45, 7) is 7.28. The lowest BCUT2D eigenvalue weighted by Gasteiger charge is -2.19. The highest BCUT2D eigenvalue weighted by molar-refractivity contribution is 6.32. The molecule has 0 aliphatic carbocycles. The van der Waals surface area contributed by atoms with Crippen molar-refractivity contribution >= 4 is 17.6 Å². The van der Waals surface area contributed by atoms with E-state index in [0.717, 1.165) is 5.69 Å². The molecular formula is C14H16ClN3O2. The van der Waals surface area contributed by atoms with Gasteiger partial charge in [-0.05, 0) is 45.9 Å². The molecule has 2 rings (SSSR count). The maximum absolute atomic E-state index is 12.0. The Morgan fingerprint density at radius 1 is 1.30 bits per heavy atom. The number of rotatable bonds is 2. The highest BCUT2D eigenvalue weighted by Gasteiger charge is 2.21. The summed E-state index contributed by atoms with van der Waals surface area (Å²) in [5.41, 5.74) is 0.548. The van der Waals surface area contributed by atoms with Crippen molar-refractivity contribution in [2.24, 2.45) is 0 Å². The number of hydrogen-bond donors (Lipinski definition) is 0. The summed E-state index contributed by atoms with van der Waals surface area (Å²) >= 11 is 6.06.